The fourth-order valence-corrected chi connectivity index (χ4v) is 4.66. The molecule has 8 nitrogen and oxygen atoms in total. The molecular formula is C11H14N4O4S2. The summed E-state index contributed by atoms with van der Waals surface area (Å²) in [5.74, 6) is 2.55. The number of hydrogen-bond acceptors (Lipinski definition) is 9. The molecule has 0 bridgehead atoms. The molecule has 0 aromatic carbocycles. The molecule has 2 aromatic rings. The van der Waals surface area contributed by atoms with E-state index in [-0.39, 0.29) is 17.4 Å². The first kappa shape index (κ1) is 14.5. The predicted octanol–water partition coefficient (Wildman–Crippen LogP) is 1.03. The first-order valence-electron chi connectivity index (χ1n) is 6.45. The molecule has 21 heavy (non-hydrogen) atoms. The predicted molar refractivity (Wildman–Crippen MR) is 73.4 cm³/mol. The summed E-state index contributed by atoms with van der Waals surface area (Å²) in [6.45, 7) is 1.75. The molecule has 0 radical (unpaired) electrons. The number of hydrogen-bond donors (Lipinski definition) is 0. The third-order valence-corrected chi connectivity index (χ3v) is 5.77. The van der Waals surface area contributed by atoms with Crippen molar-refractivity contribution in [1.29, 1.82) is 0 Å². The van der Waals surface area contributed by atoms with Crippen LogP contribution in [-0.4, -0.2) is 40.3 Å². The minimum Gasteiger partial charge on any atom is -0.416 e. The molecule has 3 rings (SSSR count). The fourth-order valence-electron chi connectivity index (χ4n) is 2.18. The van der Waals surface area contributed by atoms with Gasteiger partial charge in [0.15, 0.2) is 15.7 Å². The molecule has 0 spiro atoms. The third-order valence-electron chi connectivity index (χ3n) is 3.13. The molecule has 1 unspecified atom stereocenters. The highest BCUT2D eigenvalue weighted by Crippen LogP contribution is 2.25. The van der Waals surface area contributed by atoms with Gasteiger partial charge in [-0.15, -0.1) is 10.2 Å². The van der Waals surface area contributed by atoms with Gasteiger partial charge in [0.1, 0.15) is 0 Å². The fraction of sp³-hybridized carbons (Fsp3) is 0.636. The third kappa shape index (κ3) is 3.82. The van der Waals surface area contributed by atoms with Crippen molar-refractivity contribution in [3.05, 3.63) is 17.6 Å². The van der Waals surface area contributed by atoms with Gasteiger partial charge >= 0.3 is 0 Å². The monoisotopic (exact) mass is 330 g/mol. The van der Waals surface area contributed by atoms with Crippen LogP contribution in [0.2, 0.25) is 0 Å². The molecule has 1 atom stereocenters. The molecule has 1 fully saturated rings. The van der Waals surface area contributed by atoms with Gasteiger partial charge in [0, 0.05) is 6.42 Å². The molecule has 0 N–H and O–H groups in total. The highest BCUT2D eigenvalue weighted by Gasteiger charge is 2.29. The molecule has 1 aliphatic heterocycles. The lowest BCUT2D eigenvalue weighted by molar-refractivity contribution is 0.381. The van der Waals surface area contributed by atoms with Crippen LogP contribution in [0.3, 0.4) is 0 Å². The van der Waals surface area contributed by atoms with Gasteiger partial charge in [-0.3, -0.25) is 0 Å². The SMILES string of the molecule is Cc1noc(CSc2nnc(CC3CCS(=O)(=O)C3)o2)n1. The molecule has 0 amide bonds. The summed E-state index contributed by atoms with van der Waals surface area (Å²) in [7, 11) is -2.88. The van der Waals surface area contributed by atoms with Crippen LogP contribution in [0.5, 0.6) is 0 Å². The standard InChI is InChI=1S/C11H14N4O4S2/c1-7-12-10(19-15-7)5-20-11-14-13-9(18-11)4-8-2-3-21(16,17)6-8/h8H,2-6H2,1H3. The van der Waals surface area contributed by atoms with Crippen LogP contribution in [0.4, 0.5) is 0 Å². The molecule has 10 heteroatoms. The molecule has 2 aromatic heterocycles. The van der Waals surface area contributed by atoms with Crippen molar-refractivity contribution in [3.63, 3.8) is 0 Å². The quantitative estimate of drug-likeness (QED) is 0.742. The smallest absolute Gasteiger partial charge is 0.277 e. The topological polar surface area (TPSA) is 112 Å². The zero-order chi connectivity index (χ0) is 14.9. The maximum absolute atomic E-state index is 11.4. The molecule has 1 aliphatic rings. The van der Waals surface area contributed by atoms with Gasteiger partial charge in [-0.05, 0) is 19.3 Å². The largest absolute Gasteiger partial charge is 0.416 e. The number of sulfone groups is 1. The Balaban J connectivity index is 1.54. The number of thioether (sulfide) groups is 1. The molecule has 3 heterocycles. The molecule has 0 saturated carbocycles. The summed E-state index contributed by atoms with van der Waals surface area (Å²) in [5, 5.41) is 12.0. The Labute approximate surface area is 125 Å². The van der Waals surface area contributed by atoms with E-state index in [1.165, 1.54) is 11.8 Å². The average Bonchev–Trinajstić information content (AvgIpc) is 3.09. The summed E-state index contributed by atoms with van der Waals surface area (Å²) in [6, 6.07) is 0. The lowest BCUT2D eigenvalue weighted by Gasteiger charge is -2.01. The van der Waals surface area contributed by atoms with E-state index in [0.717, 1.165) is 0 Å². The van der Waals surface area contributed by atoms with Crippen LogP contribution in [0.25, 0.3) is 0 Å². The number of rotatable bonds is 5. The Kier molecular flexibility index (Phi) is 3.98. The average molecular weight is 330 g/mol. The Morgan fingerprint density at radius 2 is 2.19 bits per heavy atom. The minimum atomic E-state index is -2.88. The van der Waals surface area contributed by atoms with E-state index in [2.05, 4.69) is 20.3 Å². The van der Waals surface area contributed by atoms with E-state index in [1.807, 2.05) is 0 Å². The number of aryl methyl sites for hydroxylation is 1. The maximum atomic E-state index is 11.4. The van der Waals surface area contributed by atoms with Gasteiger partial charge < -0.3 is 8.94 Å². The Morgan fingerprint density at radius 3 is 2.86 bits per heavy atom. The summed E-state index contributed by atoms with van der Waals surface area (Å²) in [5.41, 5.74) is 0. The summed E-state index contributed by atoms with van der Waals surface area (Å²) in [6.07, 6.45) is 1.17. The number of aromatic nitrogens is 4. The van der Waals surface area contributed by atoms with E-state index in [4.69, 9.17) is 8.94 Å². The molecular weight excluding hydrogens is 316 g/mol. The number of nitrogens with zero attached hydrogens (tertiary/aromatic N) is 4. The summed E-state index contributed by atoms with van der Waals surface area (Å²) >= 11 is 1.31. The molecule has 0 aliphatic carbocycles. The van der Waals surface area contributed by atoms with Crippen LogP contribution in [0, 0.1) is 12.8 Å². The Hall–Kier alpha value is -1.42. The lowest BCUT2D eigenvalue weighted by atomic mass is 10.1. The van der Waals surface area contributed by atoms with Gasteiger partial charge in [0.05, 0.1) is 17.3 Å². The van der Waals surface area contributed by atoms with Crippen LogP contribution < -0.4 is 0 Å². The second-order valence-electron chi connectivity index (χ2n) is 4.96. The maximum Gasteiger partial charge on any atom is 0.277 e. The van der Waals surface area contributed by atoms with Gasteiger partial charge in [-0.1, -0.05) is 16.9 Å². The van der Waals surface area contributed by atoms with Gasteiger partial charge in [-0.25, -0.2) is 8.42 Å². The van der Waals surface area contributed by atoms with Crippen LogP contribution >= 0.6 is 11.8 Å². The van der Waals surface area contributed by atoms with Crippen molar-refractivity contribution in [1.82, 2.24) is 20.3 Å². The zero-order valence-corrected chi connectivity index (χ0v) is 13.0. The molecule has 1 saturated heterocycles. The van der Waals surface area contributed by atoms with Crippen LogP contribution in [-0.2, 0) is 22.0 Å². The highest BCUT2D eigenvalue weighted by molar-refractivity contribution is 7.98. The first-order valence-corrected chi connectivity index (χ1v) is 9.26. The van der Waals surface area contributed by atoms with E-state index in [1.54, 1.807) is 6.92 Å². The highest BCUT2D eigenvalue weighted by atomic mass is 32.2. The normalized spacial score (nSPS) is 20.9. The Bertz CT molecular complexity index is 724. The van der Waals surface area contributed by atoms with Crippen molar-refractivity contribution in [2.45, 2.75) is 30.7 Å². The van der Waals surface area contributed by atoms with E-state index < -0.39 is 9.84 Å². The van der Waals surface area contributed by atoms with Crippen molar-refractivity contribution < 1.29 is 17.4 Å². The van der Waals surface area contributed by atoms with Crippen LogP contribution in [0.1, 0.15) is 24.0 Å². The van der Waals surface area contributed by atoms with Crippen molar-refractivity contribution >= 4 is 21.6 Å². The van der Waals surface area contributed by atoms with Gasteiger partial charge in [0.2, 0.25) is 11.8 Å². The first-order chi connectivity index (χ1) is 10.00. The second-order valence-corrected chi connectivity index (χ2v) is 8.11. The minimum absolute atomic E-state index is 0.0758. The van der Waals surface area contributed by atoms with E-state index in [0.29, 0.717) is 41.4 Å². The van der Waals surface area contributed by atoms with Crippen molar-refractivity contribution in [2.24, 2.45) is 5.92 Å². The summed E-state index contributed by atoms with van der Waals surface area (Å²) < 4.78 is 33.3. The summed E-state index contributed by atoms with van der Waals surface area (Å²) in [4.78, 5) is 4.08. The molecule has 114 valence electrons. The van der Waals surface area contributed by atoms with Gasteiger partial charge in [0.25, 0.3) is 5.22 Å². The van der Waals surface area contributed by atoms with E-state index in [9.17, 15) is 8.42 Å². The Morgan fingerprint density at radius 1 is 1.33 bits per heavy atom. The van der Waals surface area contributed by atoms with Crippen molar-refractivity contribution in [3.8, 4) is 0 Å². The lowest BCUT2D eigenvalue weighted by Crippen LogP contribution is -2.07. The zero-order valence-electron chi connectivity index (χ0n) is 11.4. The van der Waals surface area contributed by atoms with E-state index >= 15 is 0 Å². The second kappa shape index (κ2) is 5.76. The van der Waals surface area contributed by atoms with Gasteiger partial charge in [-0.2, -0.15) is 4.98 Å². The van der Waals surface area contributed by atoms with Crippen molar-refractivity contribution in [2.75, 3.05) is 11.5 Å². The van der Waals surface area contributed by atoms with Crippen LogP contribution in [0.15, 0.2) is 14.2 Å².